The minimum Gasteiger partial charge on any atom is -0.328 e. The van der Waals surface area contributed by atoms with Gasteiger partial charge < -0.3 is 10.2 Å². The summed E-state index contributed by atoms with van der Waals surface area (Å²) in [5, 5.41) is 2.42. The minimum atomic E-state index is -0.825. The van der Waals surface area contributed by atoms with Gasteiger partial charge >= 0.3 is 6.03 Å². The van der Waals surface area contributed by atoms with Crippen LogP contribution in [0, 0.1) is 0 Å². The molecule has 0 bridgehead atoms. The molecular formula is C11H18N2O4. The van der Waals surface area contributed by atoms with Crippen LogP contribution in [-0.4, -0.2) is 47.9 Å². The van der Waals surface area contributed by atoms with Gasteiger partial charge in [-0.25, -0.2) is 4.79 Å². The van der Waals surface area contributed by atoms with Crippen LogP contribution in [0.25, 0.3) is 0 Å². The molecule has 0 aliphatic rings. The lowest BCUT2D eigenvalue weighted by Gasteiger charge is -2.20. The number of carbonyl (C=O) groups is 4. The molecular weight excluding hydrogens is 224 g/mol. The largest absolute Gasteiger partial charge is 0.328 e. The zero-order valence-corrected chi connectivity index (χ0v) is 10.6. The molecule has 0 rings (SSSR count). The van der Waals surface area contributed by atoms with Gasteiger partial charge in [0.2, 0.25) is 0 Å². The highest BCUT2D eigenvalue weighted by Crippen LogP contribution is 1.97. The average Bonchev–Trinajstić information content (AvgIpc) is 2.14. The second-order valence-electron chi connectivity index (χ2n) is 4.08. The summed E-state index contributed by atoms with van der Waals surface area (Å²) in [6.07, 6.45) is -0.0328. The molecule has 0 saturated carbocycles. The second kappa shape index (κ2) is 6.78. The second-order valence-corrected chi connectivity index (χ2v) is 4.08. The Labute approximate surface area is 100 Å². The van der Waals surface area contributed by atoms with Gasteiger partial charge in [-0.2, -0.15) is 0 Å². The van der Waals surface area contributed by atoms with Gasteiger partial charge in [0.25, 0.3) is 0 Å². The first-order valence-corrected chi connectivity index (χ1v) is 5.25. The van der Waals surface area contributed by atoms with Crippen molar-refractivity contribution in [2.75, 3.05) is 13.6 Å². The van der Waals surface area contributed by atoms with E-state index in [1.807, 2.05) is 0 Å². The Bertz CT molecular complexity index is 338. The number of carbonyl (C=O) groups excluding carboxylic acids is 4. The number of nitrogens with one attached hydrogen (secondary N) is 1. The molecule has 1 atom stereocenters. The molecule has 2 amide bonds. The number of hydrogen-bond acceptors (Lipinski definition) is 4. The van der Waals surface area contributed by atoms with Crippen LogP contribution in [0.1, 0.15) is 27.2 Å². The lowest BCUT2D eigenvalue weighted by molar-refractivity contribution is -0.123. The molecule has 0 saturated heterocycles. The van der Waals surface area contributed by atoms with Gasteiger partial charge in [-0.3, -0.25) is 14.4 Å². The Balaban J connectivity index is 4.44. The molecule has 0 heterocycles. The van der Waals surface area contributed by atoms with E-state index in [-0.39, 0.29) is 30.3 Å². The monoisotopic (exact) mass is 242 g/mol. The molecule has 1 unspecified atom stereocenters. The molecule has 0 aromatic heterocycles. The topological polar surface area (TPSA) is 83.6 Å². The fourth-order valence-electron chi connectivity index (χ4n) is 1.25. The third kappa shape index (κ3) is 6.44. The molecule has 0 aromatic rings. The maximum absolute atomic E-state index is 11.6. The van der Waals surface area contributed by atoms with E-state index in [0.29, 0.717) is 0 Å². The van der Waals surface area contributed by atoms with Gasteiger partial charge in [-0.15, -0.1) is 0 Å². The Kier molecular flexibility index (Phi) is 6.09. The van der Waals surface area contributed by atoms with E-state index in [1.165, 1.54) is 32.7 Å². The van der Waals surface area contributed by atoms with Crippen LogP contribution in [0.3, 0.4) is 0 Å². The highest BCUT2D eigenvalue weighted by atomic mass is 16.2. The van der Waals surface area contributed by atoms with Gasteiger partial charge in [0, 0.05) is 13.5 Å². The molecule has 1 N–H and O–H groups in total. The summed E-state index contributed by atoms with van der Waals surface area (Å²) < 4.78 is 0. The van der Waals surface area contributed by atoms with Crippen molar-refractivity contribution in [3.8, 4) is 0 Å². The zero-order chi connectivity index (χ0) is 13.6. The smallest absolute Gasteiger partial charge is 0.318 e. The van der Waals surface area contributed by atoms with Crippen molar-refractivity contribution in [1.82, 2.24) is 10.2 Å². The third-order valence-corrected chi connectivity index (χ3v) is 2.09. The Morgan fingerprint density at radius 1 is 1.06 bits per heavy atom. The van der Waals surface area contributed by atoms with Gasteiger partial charge in [0.05, 0.1) is 12.6 Å². The summed E-state index contributed by atoms with van der Waals surface area (Å²) in [6, 6.07) is -1.36. The predicted octanol–water partition coefficient (Wildman–Crippen LogP) is 0.153. The molecule has 0 aliphatic carbocycles. The molecule has 0 aliphatic heterocycles. The summed E-state index contributed by atoms with van der Waals surface area (Å²) in [5.41, 5.74) is 0. The lowest BCUT2D eigenvalue weighted by Crippen LogP contribution is -2.47. The van der Waals surface area contributed by atoms with E-state index < -0.39 is 12.1 Å². The highest BCUT2D eigenvalue weighted by Gasteiger charge is 2.20. The van der Waals surface area contributed by atoms with E-state index in [4.69, 9.17) is 0 Å². The summed E-state index contributed by atoms with van der Waals surface area (Å²) in [6.45, 7) is 3.98. The van der Waals surface area contributed by atoms with Crippen molar-refractivity contribution in [1.29, 1.82) is 0 Å². The zero-order valence-electron chi connectivity index (χ0n) is 10.6. The molecule has 0 radical (unpaired) electrons. The summed E-state index contributed by atoms with van der Waals surface area (Å²) in [5.74, 6) is -0.627. The van der Waals surface area contributed by atoms with E-state index >= 15 is 0 Å². The molecule has 0 spiro atoms. The van der Waals surface area contributed by atoms with Crippen LogP contribution >= 0.6 is 0 Å². The quantitative estimate of drug-likeness (QED) is 0.718. The number of likely N-dealkylation sites (N-methyl/N-ethyl adjacent to an activating group) is 1. The SMILES string of the molecule is CC(=O)CC(NC(=O)N(C)CC(C)=O)C(C)=O. The van der Waals surface area contributed by atoms with Crippen molar-refractivity contribution >= 4 is 23.4 Å². The Hall–Kier alpha value is -1.72. The van der Waals surface area contributed by atoms with Crippen LogP contribution in [0.5, 0.6) is 0 Å². The number of amides is 2. The van der Waals surface area contributed by atoms with Crippen molar-refractivity contribution in [3.63, 3.8) is 0 Å². The van der Waals surface area contributed by atoms with Crippen molar-refractivity contribution in [2.24, 2.45) is 0 Å². The number of hydrogen-bond donors (Lipinski definition) is 1. The van der Waals surface area contributed by atoms with Crippen LogP contribution in [0.4, 0.5) is 4.79 Å². The molecule has 6 nitrogen and oxygen atoms in total. The van der Waals surface area contributed by atoms with E-state index in [0.717, 1.165) is 0 Å². The van der Waals surface area contributed by atoms with Gasteiger partial charge in [-0.1, -0.05) is 0 Å². The number of ketones is 3. The van der Waals surface area contributed by atoms with Crippen molar-refractivity contribution < 1.29 is 19.2 Å². The Morgan fingerprint density at radius 2 is 1.59 bits per heavy atom. The first-order chi connectivity index (χ1) is 7.73. The molecule has 0 aromatic carbocycles. The molecule has 0 fully saturated rings. The molecule has 17 heavy (non-hydrogen) atoms. The number of Topliss-reactive ketones (excluding diaryl/α,β-unsaturated/α-hetero) is 3. The van der Waals surface area contributed by atoms with E-state index in [2.05, 4.69) is 5.32 Å². The summed E-state index contributed by atoms with van der Waals surface area (Å²) >= 11 is 0. The van der Waals surface area contributed by atoms with Crippen molar-refractivity contribution in [2.45, 2.75) is 33.2 Å². The summed E-state index contributed by atoms with van der Waals surface area (Å²) in [4.78, 5) is 45.7. The predicted molar refractivity (Wildman–Crippen MR) is 61.6 cm³/mol. The van der Waals surface area contributed by atoms with Crippen LogP contribution < -0.4 is 5.32 Å². The van der Waals surface area contributed by atoms with Gasteiger partial charge in [-0.05, 0) is 20.8 Å². The average molecular weight is 242 g/mol. The van der Waals surface area contributed by atoms with Gasteiger partial charge in [0.1, 0.15) is 11.6 Å². The maximum atomic E-state index is 11.6. The first kappa shape index (κ1) is 15.3. The van der Waals surface area contributed by atoms with E-state index in [1.54, 1.807) is 0 Å². The maximum Gasteiger partial charge on any atom is 0.318 e. The minimum absolute atomic E-state index is 0.0312. The van der Waals surface area contributed by atoms with Crippen LogP contribution in [0.15, 0.2) is 0 Å². The number of rotatable bonds is 6. The highest BCUT2D eigenvalue weighted by molar-refractivity contribution is 5.92. The standard InChI is InChI=1S/C11H18N2O4/c1-7(14)5-10(9(3)16)12-11(17)13(4)6-8(2)15/h10H,5-6H2,1-4H3,(H,12,17). The van der Waals surface area contributed by atoms with E-state index in [9.17, 15) is 19.2 Å². The number of urea groups is 1. The number of nitrogens with zero attached hydrogens (tertiary/aromatic N) is 1. The van der Waals surface area contributed by atoms with Crippen LogP contribution in [-0.2, 0) is 14.4 Å². The lowest BCUT2D eigenvalue weighted by atomic mass is 10.1. The first-order valence-electron chi connectivity index (χ1n) is 5.25. The molecule has 6 heteroatoms. The normalized spacial score (nSPS) is 11.5. The summed E-state index contributed by atoms with van der Waals surface area (Å²) in [7, 11) is 1.45. The molecule has 96 valence electrons. The Morgan fingerprint density at radius 3 is 1.94 bits per heavy atom. The fraction of sp³-hybridized carbons (Fsp3) is 0.636. The van der Waals surface area contributed by atoms with Crippen LogP contribution in [0.2, 0.25) is 0 Å². The third-order valence-electron chi connectivity index (χ3n) is 2.09. The fourth-order valence-corrected chi connectivity index (χ4v) is 1.25. The van der Waals surface area contributed by atoms with Gasteiger partial charge in [0.15, 0.2) is 5.78 Å². The van der Waals surface area contributed by atoms with Crippen molar-refractivity contribution in [3.05, 3.63) is 0 Å².